The van der Waals surface area contributed by atoms with Gasteiger partial charge in [0, 0.05) is 5.41 Å². The summed E-state index contributed by atoms with van der Waals surface area (Å²) in [6.45, 7) is 11.9. The average Bonchev–Trinajstić information content (AvgIpc) is 3.42. The van der Waals surface area contributed by atoms with E-state index < -0.39 is 0 Å². The zero-order valence-electron chi connectivity index (χ0n) is 31.1. The molecule has 0 atom stereocenters. The molecule has 0 saturated carbocycles. The lowest BCUT2D eigenvalue weighted by Gasteiger charge is -2.27. The summed E-state index contributed by atoms with van der Waals surface area (Å²) in [6.07, 6.45) is 0. The number of hydrogen-bond acceptors (Lipinski definition) is 0. The molecule has 0 spiro atoms. The van der Waals surface area contributed by atoms with E-state index in [9.17, 15) is 0 Å². The van der Waals surface area contributed by atoms with Crippen LogP contribution in [-0.4, -0.2) is 0 Å². The van der Waals surface area contributed by atoms with Crippen molar-refractivity contribution in [2.75, 3.05) is 0 Å². The Hall–Kier alpha value is -5.98. The van der Waals surface area contributed by atoms with Gasteiger partial charge in [-0.05, 0) is 134 Å². The van der Waals surface area contributed by atoms with Gasteiger partial charge in [-0.3, -0.25) is 0 Å². The van der Waals surface area contributed by atoms with E-state index in [0.29, 0.717) is 0 Å². The molecule has 1 aliphatic rings. The zero-order chi connectivity index (χ0) is 36.1. The van der Waals surface area contributed by atoms with Crippen molar-refractivity contribution in [1.29, 1.82) is 0 Å². The van der Waals surface area contributed by atoms with Crippen LogP contribution in [0.1, 0.15) is 51.3 Å². The maximum atomic E-state index is 2.54. The molecule has 53 heavy (non-hydrogen) atoms. The first-order valence-corrected chi connectivity index (χ1v) is 18.9. The number of fused-ring (bicyclic) bond motifs is 9. The summed E-state index contributed by atoms with van der Waals surface area (Å²) >= 11 is 0. The van der Waals surface area contributed by atoms with Gasteiger partial charge in [-0.2, -0.15) is 0 Å². The lowest BCUT2D eigenvalue weighted by Crippen LogP contribution is -2.18. The molecule has 1 aliphatic carbocycles. The van der Waals surface area contributed by atoms with Crippen molar-refractivity contribution in [2.24, 2.45) is 0 Å². The highest BCUT2D eigenvalue weighted by Crippen LogP contribution is 2.56. The highest BCUT2D eigenvalue weighted by molar-refractivity contribution is 6.15. The fourth-order valence-electron chi connectivity index (χ4n) is 9.33. The molecule has 0 unspecified atom stereocenters. The minimum atomic E-state index is -0.181. The molecule has 0 amide bonds. The fourth-order valence-corrected chi connectivity index (χ4v) is 9.33. The molecule has 9 aromatic rings. The van der Waals surface area contributed by atoms with Gasteiger partial charge >= 0.3 is 0 Å². The summed E-state index contributed by atoms with van der Waals surface area (Å²) < 4.78 is 0. The third-order valence-corrected chi connectivity index (χ3v) is 11.9. The highest BCUT2D eigenvalue weighted by Gasteiger charge is 2.39. The Kier molecular flexibility index (Phi) is 6.89. The lowest BCUT2D eigenvalue weighted by molar-refractivity contribution is 0.590. The van der Waals surface area contributed by atoms with Gasteiger partial charge in [0.1, 0.15) is 0 Å². The number of benzene rings is 9. The minimum absolute atomic E-state index is 0.0206. The largest absolute Gasteiger partial charge is 0.0616 e. The quantitative estimate of drug-likeness (QED) is 0.174. The maximum Gasteiger partial charge on any atom is 0.0159 e. The Morgan fingerprint density at radius 2 is 0.755 bits per heavy atom. The zero-order valence-corrected chi connectivity index (χ0v) is 31.1. The van der Waals surface area contributed by atoms with E-state index in [2.05, 4.69) is 198 Å². The van der Waals surface area contributed by atoms with E-state index >= 15 is 0 Å². The third kappa shape index (κ3) is 4.82. The van der Waals surface area contributed by atoms with Crippen molar-refractivity contribution < 1.29 is 0 Å². The van der Waals surface area contributed by atoms with E-state index in [1.165, 1.54) is 104 Å². The molecule has 9 aromatic carbocycles. The van der Waals surface area contributed by atoms with Gasteiger partial charge in [0.15, 0.2) is 0 Å². The van der Waals surface area contributed by atoms with Gasteiger partial charge in [0.05, 0.1) is 0 Å². The van der Waals surface area contributed by atoms with Gasteiger partial charge in [0.2, 0.25) is 0 Å². The first-order chi connectivity index (χ1) is 25.7. The number of rotatable bonds is 3. The monoisotopic (exact) mass is 678 g/mol. The highest BCUT2D eigenvalue weighted by atomic mass is 14.4. The Labute approximate surface area is 312 Å². The van der Waals surface area contributed by atoms with Crippen LogP contribution < -0.4 is 0 Å². The second-order valence-electron chi connectivity index (χ2n) is 16.5. The molecule has 0 radical (unpaired) electrons. The minimum Gasteiger partial charge on any atom is -0.0616 e. The summed E-state index contributed by atoms with van der Waals surface area (Å²) in [7, 11) is 0. The normalized spacial score (nSPS) is 13.5. The molecule has 0 aliphatic heterocycles. The van der Waals surface area contributed by atoms with E-state index in [4.69, 9.17) is 0 Å². The first-order valence-electron chi connectivity index (χ1n) is 18.9. The topological polar surface area (TPSA) is 0 Å². The molecular weight excluding hydrogens is 637 g/mol. The molecular formula is C53H42. The van der Waals surface area contributed by atoms with Crippen LogP contribution in [-0.2, 0) is 10.8 Å². The summed E-state index contributed by atoms with van der Waals surface area (Å²) in [4.78, 5) is 0. The summed E-state index contributed by atoms with van der Waals surface area (Å²) in [5, 5.41) is 10.4. The Balaban J connectivity index is 1.30. The smallest absolute Gasteiger partial charge is 0.0159 e. The molecule has 0 heterocycles. The Morgan fingerprint density at radius 1 is 0.358 bits per heavy atom. The van der Waals surface area contributed by atoms with Crippen molar-refractivity contribution >= 4 is 43.1 Å². The van der Waals surface area contributed by atoms with Crippen LogP contribution in [0.4, 0.5) is 0 Å². The first kappa shape index (κ1) is 31.7. The SMILES string of the molecule is CC(C)(C)c1cc2c(c3ccccc13)-c1c(cc(-c3cc(-c4cccc5ccccc45)cc(-c4cccc5ccccc45)c3)c3ccccc13)C2(C)C. The van der Waals surface area contributed by atoms with Crippen molar-refractivity contribution in [3.05, 3.63) is 180 Å². The predicted molar refractivity (Wildman–Crippen MR) is 229 cm³/mol. The molecule has 0 aromatic heterocycles. The van der Waals surface area contributed by atoms with Gasteiger partial charge in [-0.25, -0.2) is 0 Å². The summed E-state index contributed by atoms with van der Waals surface area (Å²) in [5.74, 6) is 0. The van der Waals surface area contributed by atoms with Crippen LogP contribution >= 0.6 is 0 Å². The lowest BCUT2D eigenvalue weighted by atomic mass is 9.76. The molecule has 0 bridgehead atoms. The van der Waals surface area contributed by atoms with Crippen molar-refractivity contribution in [2.45, 2.75) is 45.4 Å². The molecule has 254 valence electrons. The van der Waals surface area contributed by atoms with Gasteiger partial charge < -0.3 is 0 Å². The molecule has 0 heteroatoms. The molecule has 0 saturated heterocycles. The van der Waals surface area contributed by atoms with Gasteiger partial charge in [0.25, 0.3) is 0 Å². The summed E-state index contributed by atoms with van der Waals surface area (Å²) in [6, 6.07) is 61.5. The van der Waals surface area contributed by atoms with E-state index in [-0.39, 0.29) is 10.8 Å². The average molecular weight is 679 g/mol. The molecule has 0 N–H and O–H groups in total. The van der Waals surface area contributed by atoms with E-state index in [0.717, 1.165) is 0 Å². The van der Waals surface area contributed by atoms with E-state index in [1.807, 2.05) is 0 Å². The van der Waals surface area contributed by atoms with E-state index in [1.54, 1.807) is 0 Å². The molecule has 0 fully saturated rings. The van der Waals surface area contributed by atoms with Crippen LogP contribution in [0.25, 0.3) is 87.6 Å². The second kappa shape index (κ2) is 11.5. The van der Waals surface area contributed by atoms with Crippen LogP contribution in [0.15, 0.2) is 164 Å². The van der Waals surface area contributed by atoms with Crippen LogP contribution in [0, 0.1) is 0 Å². The van der Waals surface area contributed by atoms with Crippen molar-refractivity contribution in [3.63, 3.8) is 0 Å². The maximum absolute atomic E-state index is 2.54. The van der Waals surface area contributed by atoms with Crippen LogP contribution in [0.2, 0.25) is 0 Å². The second-order valence-corrected chi connectivity index (χ2v) is 16.5. The Morgan fingerprint density at radius 3 is 1.28 bits per heavy atom. The third-order valence-electron chi connectivity index (χ3n) is 11.9. The van der Waals surface area contributed by atoms with Gasteiger partial charge in [-0.15, -0.1) is 0 Å². The van der Waals surface area contributed by atoms with Crippen LogP contribution in [0.5, 0.6) is 0 Å². The standard InChI is InChI=1S/C53H42/c1-52(2,3)47-32-49-51(45-25-13-11-23-43(45)47)50-44-24-12-10-22-42(44)46(31-48(50)53(49,4)5)37-29-35(40-26-14-18-33-16-6-8-20-38(33)40)28-36(30-37)41-27-15-19-34-17-7-9-21-39(34)41/h6-32H,1-5H3. The van der Waals surface area contributed by atoms with Crippen molar-refractivity contribution in [3.8, 4) is 44.5 Å². The predicted octanol–water partition coefficient (Wildman–Crippen LogP) is 14.9. The summed E-state index contributed by atoms with van der Waals surface area (Å²) in [5.41, 5.74) is 14.4. The Bertz CT molecular complexity index is 2840. The van der Waals surface area contributed by atoms with Crippen molar-refractivity contribution in [1.82, 2.24) is 0 Å². The van der Waals surface area contributed by atoms with Crippen LogP contribution in [0.3, 0.4) is 0 Å². The number of hydrogen-bond donors (Lipinski definition) is 0. The van der Waals surface area contributed by atoms with Gasteiger partial charge in [-0.1, -0.05) is 174 Å². The molecule has 10 rings (SSSR count). The fraction of sp³-hybridized carbons (Fsp3) is 0.132. The molecule has 0 nitrogen and oxygen atoms in total.